The van der Waals surface area contributed by atoms with Gasteiger partial charge in [0.2, 0.25) is 11.8 Å². The fourth-order valence-electron chi connectivity index (χ4n) is 3.28. The van der Waals surface area contributed by atoms with Gasteiger partial charge >= 0.3 is 6.18 Å². The molecule has 2 rings (SSSR count). The van der Waals surface area contributed by atoms with Crippen molar-refractivity contribution in [1.29, 1.82) is 0 Å². The highest BCUT2D eigenvalue weighted by Crippen LogP contribution is 2.40. The molecule has 0 aliphatic heterocycles. The summed E-state index contributed by atoms with van der Waals surface area (Å²) in [5.74, 6) is -3.12. The number of carbonyl (C=O) groups is 2. The summed E-state index contributed by atoms with van der Waals surface area (Å²) in [6.45, 7) is 1.62. The molecule has 150 valence electrons. The van der Waals surface area contributed by atoms with Crippen molar-refractivity contribution in [3.8, 4) is 0 Å². The number of rotatable bonds is 5. The van der Waals surface area contributed by atoms with Gasteiger partial charge in [-0.25, -0.2) is 0 Å². The van der Waals surface area contributed by atoms with Gasteiger partial charge in [-0.05, 0) is 38.3 Å². The smallest absolute Gasteiger partial charge is 0.333 e. The van der Waals surface area contributed by atoms with Crippen molar-refractivity contribution in [2.75, 3.05) is 18.4 Å². The molecule has 1 aliphatic carbocycles. The lowest BCUT2D eigenvalue weighted by atomic mass is 9.80. The molecule has 9 heteroatoms. The van der Waals surface area contributed by atoms with E-state index in [0.29, 0.717) is 12.8 Å². The maximum Gasteiger partial charge on any atom is 0.391 e. The van der Waals surface area contributed by atoms with E-state index in [1.54, 1.807) is 25.1 Å². The Morgan fingerprint density at radius 1 is 1.22 bits per heavy atom. The molecule has 0 aromatic heterocycles. The van der Waals surface area contributed by atoms with Gasteiger partial charge in [-0.15, -0.1) is 0 Å². The van der Waals surface area contributed by atoms with E-state index in [-0.39, 0.29) is 41.7 Å². The zero-order chi connectivity index (χ0) is 20.2. The number of anilines is 1. The number of alkyl halides is 3. The highest BCUT2D eigenvalue weighted by molar-refractivity contribution is 6.39. The van der Waals surface area contributed by atoms with Crippen LogP contribution in [0.1, 0.15) is 32.6 Å². The minimum Gasteiger partial charge on any atom is -0.333 e. The molecule has 1 saturated carbocycles. The average molecular weight is 425 g/mol. The first-order valence-electron chi connectivity index (χ1n) is 8.72. The van der Waals surface area contributed by atoms with Crippen molar-refractivity contribution in [2.45, 2.75) is 38.8 Å². The number of halogens is 5. The van der Waals surface area contributed by atoms with Crippen LogP contribution in [0.3, 0.4) is 0 Å². The minimum absolute atomic E-state index is 0.0465. The fourth-order valence-corrected chi connectivity index (χ4v) is 3.78. The van der Waals surface area contributed by atoms with Crippen molar-refractivity contribution in [1.82, 2.24) is 4.90 Å². The first kappa shape index (κ1) is 21.8. The Bertz CT molecular complexity index is 677. The van der Waals surface area contributed by atoms with Crippen LogP contribution < -0.4 is 5.32 Å². The van der Waals surface area contributed by atoms with Crippen molar-refractivity contribution >= 4 is 40.7 Å². The predicted molar refractivity (Wildman–Crippen MR) is 98.8 cm³/mol. The molecule has 0 spiro atoms. The van der Waals surface area contributed by atoms with E-state index in [2.05, 4.69) is 5.32 Å². The van der Waals surface area contributed by atoms with Crippen LogP contribution in [0.5, 0.6) is 0 Å². The maximum absolute atomic E-state index is 13.0. The number of benzene rings is 1. The zero-order valence-electron chi connectivity index (χ0n) is 14.8. The second kappa shape index (κ2) is 9.15. The molecule has 1 fully saturated rings. The molecule has 0 saturated heterocycles. The van der Waals surface area contributed by atoms with E-state index in [1.807, 2.05) is 0 Å². The highest BCUT2D eigenvalue weighted by atomic mass is 35.5. The summed E-state index contributed by atoms with van der Waals surface area (Å²) in [6.07, 6.45) is -3.73. The maximum atomic E-state index is 13.0. The summed E-state index contributed by atoms with van der Waals surface area (Å²) in [5.41, 5.74) is 0.240. The third-order valence-corrected chi connectivity index (χ3v) is 5.37. The normalized spacial score (nSPS) is 20.2. The largest absolute Gasteiger partial charge is 0.391 e. The molecule has 0 unspecified atom stereocenters. The van der Waals surface area contributed by atoms with Gasteiger partial charge < -0.3 is 10.2 Å². The van der Waals surface area contributed by atoms with Gasteiger partial charge in [0.1, 0.15) is 0 Å². The summed E-state index contributed by atoms with van der Waals surface area (Å²) in [5, 5.41) is 3.07. The number of nitrogens with one attached hydrogen (secondary N) is 1. The van der Waals surface area contributed by atoms with Crippen LogP contribution in [0.15, 0.2) is 18.2 Å². The van der Waals surface area contributed by atoms with Crippen LogP contribution in [0, 0.1) is 11.8 Å². The Labute approximate surface area is 166 Å². The van der Waals surface area contributed by atoms with Crippen LogP contribution in [-0.4, -0.2) is 36.0 Å². The van der Waals surface area contributed by atoms with Crippen molar-refractivity contribution < 1.29 is 22.8 Å². The second-order valence-electron chi connectivity index (χ2n) is 6.60. The Morgan fingerprint density at radius 2 is 1.85 bits per heavy atom. The molecule has 4 nitrogen and oxygen atoms in total. The van der Waals surface area contributed by atoms with E-state index in [4.69, 9.17) is 23.2 Å². The third kappa shape index (κ3) is 5.75. The quantitative estimate of drug-likeness (QED) is 0.710. The van der Waals surface area contributed by atoms with Crippen LogP contribution in [0.2, 0.25) is 10.0 Å². The van der Waals surface area contributed by atoms with E-state index >= 15 is 0 Å². The summed E-state index contributed by atoms with van der Waals surface area (Å²) >= 11 is 12.0. The van der Waals surface area contributed by atoms with Gasteiger partial charge in [-0.2, -0.15) is 13.2 Å². The molecule has 1 aromatic carbocycles. The molecule has 0 radical (unpaired) electrons. The van der Waals surface area contributed by atoms with Crippen LogP contribution in [-0.2, 0) is 9.59 Å². The Hall–Kier alpha value is -1.47. The van der Waals surface area contributed by atoms with Crippen molar-refractivity contribution in [2.24, 2.45) is 11.8 Å². The predicted octanol–water partition coefficient (Wildman–Crippen LogP) is 5.15. The van der Waals surface area contributed by atoms with Gasteiger partial charge in [0.05, 0.1) is 28.2 Å². The van der Waals surface area contributed by atoms with Crippen molar-refractivity contribution in [3.05, 3.63) is 28.2 Å². The second-order valence-corrected chi connectivity index (χ2v) is 7.41. The average Bonchev–Trinajstić information content (AvgIpc) is 2.61. The number of hydrogen-bond acceptors (Lipinski definition) is 2. The van der Waals surface area contributed by atoms with E-state index in [9.17, 15) is 22.8 Å². The lowest BCUT2D eigenvalue weighted by Gasteiger charge is -2.33. The molecule has 2 atom stereocenters. The standard InChI is InChI=1S/C18H21Cl2F3N2O2/c1-2-25(10-15(26)24-16-13(19)7-4-8-14(16)20)17(27)11-5-3-6-12(9-11)18(21,22)23/h4,7-8,11-12H,2-3,5-6,9-10H2,1H3,(H,24,26)/t11-,12-/m1/s1. The van der Waals surface area contributed by atoms with Gasteiger partial charge in [0, 0.05) is 12.5 Å². The van der Waals surface area contributed by atoms with Gasteiger partial charge in [0.15, 0.2) is 0 Å². The first-order valence-corrected chi connectivity index (χ1v) is 9.48. The van der Waals surface area contributed by atoms with Gasteiger partial charge in [-0.1, -0.05) is 35.7 Å². The Balaban J connectivity index is 2.01. The van der Waals surface area contributed by atoms with Crippen LogP contribution >= 0.6 is 23.2 Å². The molecule has 2 amide bonds. The Kier molecular flexibility index (Phi) is 7.40. The van der Waals surface area contributed by atoms with E-state index in [0.717, 1.165) is 0 Å². The number of likely N-dealkylation sites (N-methyl/N-ethyl adjacent to an activating group) is 1. The van der Waals surface area contributed by atoms with E-state index in [1.165, 1.54) is 4.90 Å². The molecule has 0 bridgehead atoms. The monoisotopic (exact) mass is 424 g/mol. The minimum atomic E-state index is -4.30. The summed E-state index contributed by atoms with van der Waals surface area (Å²) in [6, 6.07) is 4.75. The molecular weight excluding hydrogens is 404 g/mol. The summed E-state index contributed by atoms with van der Waals surface area (Å²) < 4.78 is 38.9. The number of carbonyl (C=O) groups excluding carboxylic acids is 2. The van der Waals surface area contributed by atoms with Gasteiger partial charge in [-0.3, -0.25) is 9.59 Å². The van der Waals surface area contributed by atoms with E-state index < -0.39 is 29.8 Å². The third-order valence-electron chi connectivity index (χ3n) is 4.74. The van der Waals surface area contributed by atoms with Crippen LogP contribution in [0.25, 0.3) is 0 Å². The zero-order valence-corrected chi connectivity index (χ0v) is 16.3. The number of hydrogen-bond donors (Lipinski definition) is 1. The topological polar surface area (TPSA) is 49.4 Å². The van der Waals surface area contributed by atoms with Crippen molar-refractivity contribution in [3.63, 3.8) is 0 Å². The number of para-hydroxylation sites is 1. The molecule has 0 heterocycles. The molecular formula is C18H21Cl2F3N2O2. The molecule has 1 aliphatic rings. The lowest BCUT2D eigenvalue weighted by molar-refractivity contribution is -0.187. The lowest BCUT2D eigenvalue weighted by Crippen LogP contribution is -2.43. The number of amides is 2. The fraction of sp³-hybridized carbons (Fsp3) is 0.556. The summed E-state index contributed by atoms with van der Waals surface area (Å²) in [4.78, 5) is 26.2. The summed E-state index contributed by atoms with van der Waals surface area (Å²) in [7, 11) is 0. The van der Waals surface area contributed by atoms with Gasteiger partial charge in [0.25, 0.3) is 0 Å². The molecule has 1 N–H and O–H groups in total. The molecule has 27 heavy (non-hydrogen) atoms. The SMILES string of the molecule is CCN(CC(=O)Nc1c(Cl)cccc1Cl)C(=O)[C@@H]1CCC[C@@H](C(F)(F)F)C1. The number of nitrogens with zero attached hydrogens (tertiary/aromatic N) is 1. The Morgan fingerprint density at radius 3 is 2.41 bits per heavy atom. The van der Waals surface area contributed by atoms with Crippen LogP contribution in [0.4, 0.5) is 18.9 Å². The first-order chi connectivity index (χ1) is 12.6. The molecule has 1 aromatic rings. The highest BCUT2D eigenvalue weighted by Gasteiger charge is 2.44.